The fourth-order valence-electron chi connectivity index (χ4n) is 2.18. The van der Waals surface area contributed by atoms with E-state index in [1.165, 1.54) is 11.6 Å². The molecule has 0 aliphatic heterocycles. The van der Waals surface area contributed by atoms with E-state index in [0.717, 1.165) is 28.2 Å². The molecule has 2 aromatic rings. The van der Waals surface area contributed by atoms with Gasteiger partial charge in [0.1, 0.15) is 5.82 Å². The Bertz CT molecular complexity index is 492. The second kappa shape index (κ2) is 7.20. The molecule has 0 aliphatic rings. The molecule has 1 atom stereocenters. The van der Waals surface area contributed by atoms with Crippen LogP contribution in [0.5, 0.6) is 0 Å². The van der Waals surface area contributed by atoms with E-state index in [4.69, 9.17) is 0 Å². The lowest BCUT2D eigenvalue weighted by Gasteiger charge is -2.14. The lowest BCUT2D eigenvalue weighted by Crippen LogP contribution is -2.10. The molecule has 0 radical (unpaired) electrons. The normalized spacial score (nSPS) is 12.4. The van der Waals surface area contributed by atoms with Crippen LogP contribution in [0.4, 0.5) is 4.39 Å². The van der Waals surface area contributed by atoms with Crippen LogP contribution in [0.25, 0.3) is 0 Å². The SMILES string of the molecule is Fc1cccc(CC(CBr)Cc2cccc(Br)c2)c1. The highest BCUT2D eigenvalue weighted by atomic mass is 79.9. The predicted octanol–water partition coefficient (Wildman–Crippen LogP) is 5.38. The first-order chi connectivity index (χ1) is 9.17. The summed E-state index contributed by atoms with van der Waals surface area (Å²) in [5.74, 6) is 0.310. The predicted molar refractivity (Wildman–Crippen MR) is 85.2 cm³/mol. The quantitative estimate of drug-likeness (QED) is 0.605. The third-order valence-electron chi connectivity index (χ3n) is 3.05. The average Bonchev–Trinajstić information content (AvgIpc) is 2.38. The topological polar surface area (TPSA) is 0 Å². The first-order valence-electron chi connectivity index (χ1n) is 6.22. The van der Waals surface area contributed by atoms with Gasteiger partial charge in [-0.25, -0.2) is 4.39 Å². The maximum Gasteiger partial charge on any atom is 0.123 e. The number of halogens is 3. The molecule has 0 aliphatic carbocycles. The zero-order valence-electron chi connectivity index (χ0n) is 10.5. The summed E-state index contributed by atoms with van der Waals surface area (Å²) in [5, 5.41) is 0.913. The van der Waals surface area contributed by atoms with E-state index in [0.29, 0.717) is 5.92 Å². The van der Waals surface area contributed by atoms with Crippen molar-refractivity contribution < 1.29 is 4.39 Å². The Morgan fingerprint density at radius 1 is 0.947 bits per heavy atom. The van der Waals surface area contributed by atoms with E-state index >= 15 is 0 Å². The molecular weight excluding hydrogens is 371 g/mol. The highest BCUT2D eigenvalue weighted by molar-refractivity contribution is 9.10. The maximum absolute atomic E-state index is 13.2. The van der Waals surface area contributed by atoms with Crippen LogP contribution in [0, 0.1) is 11.7 Å². The maximum atomic E-state index is 13.2. The van der Waals surface area contributed by atoms with Crippen molar-refractivity contribution in [1.82, 2.24) is 0 Å². The largest absolute Gasteiger partial charge is 0.207 e. The van der Waals surface area contributed by atoms with Gasteiger partial charge in [0.05, 0.1) is 0 Å². The van der Waals surface area contributed by atoms with Crippen LogP contribution >= 0.6 is 31.9 Å². The first-order valence-corrected chi connectivity index (χ1v) is 8.13. The molecule has 0 saturated heterocycles. The Hall–Kier alpha value is -0.670. The Morgan fingerprint density at radius 2 is 1.58 bits per heavy atom. The van der Waals surface area contributed by atoms with E-state index in [2.05, 4.69) is 44.0 Å². The second-order valence-corrected chi connectivity index (χ2v) is 6.25. The van der Waals surface area contributed by atoms with Crippen molar-refractivity contribution in [3.05, 3.63) is 69.9 Å². The van der Waals surface area contributed by atoms with Gasteiger partial charge in [-0.1, -0.05) is 56.1 Å². The zero-order valence-corrected chi connectivity index (χ0v) is 13.6. The highest BCUT2D eigenvalue weighted by Gasteiger charge is 2.10. The van der Waals surface area contributed by atoms with Gasteiger partial charge in [0, 0.05) is 9.80 Å². The lowest BCUT2D eigenvalue weighted by molar-refractivity contribution is 0.582. The lowest BCUT2D eigenvalue weighted by atomic mass is 9.94. The molecule has 0 heterocycles. The third kappa shape index (κ3) is 4.73. The van der Waals surface area contributed by atoms with Gasteiger partial charge in [-0.05, 0) is 54.2 Å². The fraction of sp³-hybridized carbons (Fsp3) is 0.250. The molecular formula is C16H15Br2F. The van der Waals surface area contributed by atoms with Crippen molar-refractivity contribution in [3.63, 3.8) is 0 Å². The number of hydrogen-bond donors (Lipinski definition) is 0. The van der Waals surface area contributed by atoms with Crippen molar-refractivity contribution in [1.29, 1.82) is 0 Å². The van der Waals surface area contributed by atoms with Gasteiger partial charge < -0.3 is 0 Å². The van der Waals surface area contributed by atoms with Crippen molar-refractivity contribution >= 4 is 31.9 Å². The minimum atomic E-state index is -0.159. The van der Waals surface area contributed by atoms with Gasteiger partial charge in [0.2, 0.25) is 0 Å². The third-order valence-corrected chi connectivity index (χ3v) is 4.45. The fourth-order valence-corrected chi connectivity index (χ4v) is 3.08. The number of rotatable bonds is 5. The van der Waals surface area contributed by atoms with Crippen molar-refractivity contribution in [3.8, 4) is 0 Å². The average molecular weight is 386 g/mol. The van der Waals surface area contributed by atoms with Crippen molar-refractivity contribution in [2.45, 2.75) is 12.8 Å². The van der Waals surface area contributed by atoms with Crippen LogP contribution in [0.2, 0.25) is 0 Å². The van der Waals surface area contributed by atoms with Gasteiger partial charge in [0.15, 0.2) is 0 Å². The molecule has 1 unspecified atom stereocenters. The molecule has 0 nitrogen and oxygen atoms in total. The van der Waals surface area contributed by atoms with Crippen LogP contribution < -0.4 is 0 Å². The monoisotopic (exact) mass is 384 g/mol. The summed E-state index contributed by atoms with van der Waals surface area (Å²) in [6.07, 6.45) is 1.87. The highest BCUT2D eigenvalue weighted by Crippen LogP contribution is 2.20. The van der Waals surface area contributed by atoms with Crippen LogP contribution in [0.3, 0.4) is 0 Å². The van der Waals surface area contributed by atoms with Gasteiger partial charge in [0.25, 0.3) is 0 Å². The van der Waals surface area contributed by atoms with E-state index in [-0.39, 0.29) is 5.82 Å². The first kappa shape index (κ1) is 14.7. The summed E-state index contributed by atoms with van der Waals surface area (Å²) in [7, 11) is 0. The Morgan fingerprint density at radius 3 is 2.16 bits per heavy atom. The minimum Gasteiger partial charge on any atom is -0.207 e. The van der Waals surface area contributed by atoms with Crippen LogP contribution in [-0.4, -0.2) is 5.33 Å². The molecule has 3 heteroatoms. The molecule has 2 rings (SSSR count). The summed E-state index contributed by atoms with van der Waals surface area (Å²) in [5.41, 5.74) is 2.36. The van der Waals surface area contributed by atoms with E-state index < -0.39 is 0 Å². The van der Waals surface area contributed by atoms with Gasteiger partial charge in [-0.2, -0.15) is 0 Å². The van der Waals surface area contributed by atoms with Crippen molar-refractivity contribution in [2.24, 2.45) is 5.92 Å². The van der Waals surface area contributed by atoms with Gasteiger partial charge in [-0.15, -0.1) is 0 Å². The molecule has 0 aromatic heterocycles. The van der Waals surface area contributed by atoms with Crippen LogP contribution in [0.15, 0.2) is 53.0 Å². The van der Waals surface area contributed by atoms with E-state index in [1.807, 2.05) is 18.2 Å². The molecule has 0 amide bonds. The summed E-state index contributed by atoms with van der Waals surface area (Å²) >= 11 is 7.05. The van der Waals surface area contributed by atoms with Gasteiger partial charge in [-0.3, -0.25) is 0 Å². The second-order valence-electron chi connectivity index (χ2n) is 4.69. The van der Waals surface area contributed by atoms with Crippen LogP contribution in [0.1, 0.15) is 11.1 Å². The summed E-state index contributed by atoms with van der Waals surface area (Å²) < 4.78 is 14.3. The smallest absolute Gasteiger partial charge is 0.123 e. The summed E-state index contributed by atoms with van der Waals surface area (Å²) in [4.78, 5) is 0. The van der Waals surface area contributed by atoms with Gasteiger partial charge >= 0.3 is 0 Å². The van der Waals surface area contributed by atoms with Crippen LogP contribution in [-0.2, 0) is 12.8 Å². The zero-order chi connectivity index (χ0) is 13.7. The number of benzene rings is 2. The van der Waals surface area contributed by atoms with E-state index in [9.17, 15) is 4.39 Å². The minimum absolute atomic E-state index is 0.159. The molecule has 0 saturated carbocycles. The number of alkyl halides is 1. The Labute approximate surface area is 130 Å². The Balaban J connectivity index is 2.04. The molecule has 0 fully saturated rings. The molecule has 19 heavy (non-hydrogen) atoms. The van der Waals surface area contributed by atoms with Crippen molar-refractivity contribution in [2.75, 3.05) is 5.33 Å². The molecule has 0 spiro atoms. The standard InChI is InChI=1S/C16H15Br2F/c17-11-14(7-12-3-1-5-15(18)9-12)8-13-4-2-6-16(19)10-13/h1-6,9-10,14H,7-8,11H2. The molecule has 2 aromatic carbocycles. The summed E-state index contributed by atoms with van der Waals surface area (Å²) in [6.45, 7) is 0. The molecule has 0 bridgehead atoms. The summed E-state index contributed by atoms with van der Waals surface area (Å²) in [6, 6.07) is 15.2. The van der Waals surface area contributed by atoms with E-state index in [1.54, 1.807) is 12.1 Å². The molecule has 100 valence electrons. The molecule has 0 N–H and O–H groups in total. The number of hydrogen-bond acceptors (Lipinski definition) is 0. The Kier molecular flexibility index (Phi) is 5.59.